The third-order valence-electron chi connectivity index (χ3n) is 3.20. The fraction of sp³-hybridized carbons (Fsp3) is 0.118. The molecule has 1 aromatic heterocycles. The van der Waals surface area contributed by atoms with Crippen LogP contribution in [0, 0.1) is 0 Å². The number of aromatic nitrogens is 1. The molecule has 0 radical (unpaired) electrons. The number of halogens is 1. The highest BCUT2D eigenvalue weighted by atomic mass is 35.5. The molecule has 0 saturated heterocycles. The summed E-state index contributed by atoms with van der Waals surface area (Å²) >= 11 is 6.30. The Bertz CT molecular complexity index is 768. The number of rotatable bonds is 4. The van der Waals surface area contributed by atoms with Crippen LogP contribution in [0.4, 0.5) is 0 Å². The van der Waals surface area contributed by atoms with Crippen LogP contribution in [-0.4, -0.2) is 12.0 Å². The van der Waals surface area contributed by atoms with E-state index in [1.165, 1.54) is 0 Å². The normalized spacial score (nSPS) is 10.8. The van der Waals surface area contributed by atoms with Gasteiger partial charge in [-0.3, -0.25) is 4.98 Å². The molecule has 0 spiro atoms. The molecule has 0 aliphatic carbocycles. The van der Waals surface area contributed by atoms with Gasteiger partial charge < -0.3 is 10.1 Å². The second-order valence-electron chi connectivity index (χ2n) is 4.72. The van der Waals surface area contributed by atoms with Crippen molar-refractivity contribution >= 4 is 22.5 Å². The van der Waals surface area contributed by atoms with Crippen molar-refractivity contribution in [1.82, 2.24) is 10.3 Å². The smallest absolute Gasteiger partial charge is 0.146 e. The van der Waals surface area contributed by atoms with E-state index in [9.17, 15) is 0 Å². The topological polar surface area (TPSA) is 34.1 Å². The van der Waals surface area contributed by atoms with Crippen molar-refractivity contribution in [2.45, 2.75) is 6.54 Å². The lowest BCUT2D eigenvalue weighted by Crippen LogP contribution is -2.04. The van der Waals surface area contributed by atoms with Gasteiger partial charge in [-0.05, 0) is 49.0 Å². The maximum atomic E-state index is 6.30. The number of ether oxygens (including phenoxy) is 1. The molecule has 3 nitrogen and oxygen atoms in total. The third-order valence-corrected chi connectivity index (χ3v) is 3.50. The van der Waals surface area contributed by atoms with Crippen LogP contribution < -0.4 is 10.1 Å². The lowest BCUT2D eigenvalue weighted by molar-refractivity contribution is 0.488. The molecular weight excluding hydrogens is 284 g/mol. The average molecular weight is 299 g/mol. The number of nitrogens with one attached hydrogen (secondary N) is 1. The van der Waals surface area contributed by atoms with Gasteiger partial charge in [-0.25, -0.2) is 0 Å². The monoisotopic (exact) mass is 298 g/mol. The van der Waals surface area contributed by atoms with Crippen molar-refractivity contribution in [2.75, 3.05) is 7.05 Å². The molecule has 0 unspecified atom stereocenters. The molecule has 0 aliphatic rings. The zero-order valence-electron chi connectivity index (χ0n) is 11.6. The maximum absolute atomic E-state index is 6.30. The number of hydrogen-bond acceptors (Lipinski definition) is 3. The summed E-state index contributed by atoms with van der Waals surface area (Å²) in [5.41, 5.74) is 2.02. The highest BCUT2D eigenvalue weighted by molar-refractivity contribution is 6.32. The Kier molecular flexibility index (Phi) is 4.04. The lowest BCUT2D eigenvalue weighted by Gasteiger charge is -2.11. The first kappa shape index (κ1) is 13.9. The summed E-state index contributed by atoms with van der Waals surface area (Å²) in [7, 11) is 1.90. The fourth-order valence-corrected chi connectivity index (χ4v) is 2.47. The minimum atomic E-state index is 0.601. The van der Waals surface area contributed by atoms with Gasteiger partial charge in [-0.1, -0.05) is 23.7 Å². The van der Waals surface area contributed by atoms with Crippen LogP contribution in [0.1, 0.15) is 5.56 Å². The van der Waals surface area contributed by atoms with E-state index in [1.807, 2.05) is 55.6 Å². The van der Waals surface area contributed by atoms with Crippen LogP contribution in [0.2, 0.25) is 5.02 Å². The van der Waals surface area contributed by atoms with E-state index >= 15 is 0 Å². The van der Waals surface area contributed by atoms with Crippen LogP contribution >= 0.6 is 11.6 Å². The number of pyridine rings is 1. The first-order valence-electron chi connectivity index (χ1n) is 6.72. The molecule has 0 bridgehead atoms. The Morgan fingerprint density at radius 3 is 2.81 bits per heavy atom. The molecule has 4 heteroatoms. The Hall–Kier alpha value is -2.10. The van der Waals surface area contributed by atoms with Crippen LogP contribution in [-0.2, 0) is 6.54 Å². The van der Waals surface area contributed by atoms with E-state index < -0.39 is 0 Å². The van der Waals surface area contributed by atoms with E-state index in [1.54, 1.807) is 6.20 Å². The Balaban J connectivity index is 1.95. The van der Waals surface area contributed by atoms with Crippen molar-refractivity contribution in [3.63, 3.8) is 0 Å². The van der Waals surface area contributed by atoms with Gasteiger partial charge in [0.15, 0.2) is 0 Å². The molecule has 1 heterocycles. The number of hydrogen-bond donors (Lipinski definition) is 1. The number of benzene rings is 2. The molecule has 106 valence electrons. The van der Waals surface area contributed by atoms with Gasteiger partial charge in [0.25, 0.3) is 0 Å². The molecule has 2 aromatic carbocycles. The van der Waals surface area contributed by atoms with Crippen molar-refractivity contribution in [1.29, 1.82) is 0 Å². The molecule has 0 atom stereocenters. The highest BCUT2D eigenvalue weighted by Crippen LogP contribution is 2.33. The van der Waals surface area contributed by atoms with Gasteiger partial charge >= 0.3 is 0 Å². The Morgan fingerprint density at radius 2 is 2.00 bits per heavy atom. The van der Waals surface area contributed by atoms with E-state index in [-0.39, 0.29) is 0 Å². The number of fused-ring (bicyclic) bond motifs is 1. The van der Waals surface area contributed by atoms with Gasteiger partial charge in [-0.2, -0.15) is 0 Å². The average Bonchev–Trinajstić information content (AvgIpc) is 2.51. The summed E-state index contributed by atoms with van der Waals surface area (Å²) in [6.07, 6.45) is 1.77. The summed E-state index contributed by atoms with van der Waals surface area (Å²) in [6.45, 7) is 0.776. The first-order valence-corrected chi connectivity index (χ1v) is 7.10. The van der Waals surface area contributed by atoms with Crippen molar-refractivity contribution in [3.05, 3.63) is 65.3 Å². The Labute approximate surface area is 128 Å². The zero-order chi connectivity index (χ0) is 14.7. The summed E-state index contributed by atoms with van der Waals surface area (Å²) in [5, 5.41) is 4.67. The molecule has 0 fully saturated rings. The lowest BCUT2D eigenvalue weighted by atomic mass is 10.2. The second-order valence-corrected chi connectivity index (χ2v) is 5.13. The van der Waals surface area contributed by atoms with Gasteiger partial charge in [0, 0.05) is 18.1 Å². The zero-order valence-corrected chi connectivity index (χ0v) is 12.4. The largest absolute Gasteiger partial charge is 0.455 e. The van der Waals surface area contributed by atoms with Crippen molar-refractivity contribution in [3.8, 4) is 11.5 Å². The van der Waals surface area contributed by atoms with Crippen LogP contribution in [0.3, 0.4) is 0 Å². The molecule has 1 N–H and O–H groups in total. The summed E-state index contributed by atoms with van der Waals surface area (Å²) in [5.74, 6) is 1.40. The SMILES string of the molecule is CNCc1ccc(Oc2cccc3ncccc23)c(Cl)c1. The third kappa shape index (κ3) is 2.99. The van der Waals surface area contributed by atoms with Crippen molar-refractivity contribution in [2.24, 2.45) is 0 Å². The highest BCUT2D eigenvalue weighted by Gasteiger charge is 2.07. The van der Waals surface area contributed by atoms with E-state index in [2.05, 4.69) is 10.3 Å². The van der Waals surface area contributed by atoms with Crippen LogP contribution in [0.25, 0.3) is 10.9 Å². The molecule has 3 rings (SSSR count). The quantitative estimate of drug-likeness (QED) is 0.775. The Morgan fingerprint density at radius 1 is 1.10 bits per heavy atom. The van der Waals surface area contributed by atoms with E-state index in [0.29, 0.717) is 10.8 Å². The number of nitrogens with zero attached hydrogens (tertiary/aromatic N) is 1. The minimum Gasteiger partial charge on any atom is -0.455 e. The molecule has 0 amide bonds. The molecule has 0 aliphatic heterocycles. The van der Waals surface area contributed by atoms with Gasteiger partial charge in [-0.15, -0.1) is 0 Å². The second kappa shape index (κ2) is 6.12. The molecular formula is C17H15ClN2O. The van der Waals surface area contributed by atoms with Gasteiger partial charge in [0.1, 0.15) is 11.5 Å². The van der Waals surface area contributed by atoms with Crippen molar-refractivity contribution < 1.29 is 4.74 Å². The van der Waals surface area contributed by atoms with Crippen LogP contribution in [0.5, 0.6) is 11.5 Å². The van der Waals surface area contributed by atoms with Crippen LogP contribution in [0.15, 0.2) is 54.7 Å². The van der Waals surface area contributed by atoms with Gasteiger partial charge in [0.2, 0.25) is 0 Å². The van der Waals surface area contributed by atoms with Gasteiger partial charge in [0.05, 0.1) is 10.5 Å². The predicted molar refractivity (Wildman–Crippen MR) is 86.0 cm³/mol. The predicted octanol–water partition coefficient (Wildman–Crippen LogP) is 4.40. The standard InChI is InChI=1S/C17H15ClN2O/c1-19-11-12-7-8-17(14(18)10-12)21-16-6-2-5-15-13(16)4-3-9-20-15/h2-10,19H,11H2,1H3. The summed E-state index contributed by atoms with van der Waals surface area (Å²) in [6, 6.07) is 15.5. The molecule has 21 heavy (non-hydrogen) atoms. The fourth-order valence-electron chi connectivity index (χ4n) is 2.22. The minimum absolute atomic E-state index is 0.601. The summed E-state index contributed by atoms with van der Waals surface area (Å²) in [4.78, 5) is 4.32. The summed E-state index contributed by atoms with van der Waals surface area (Å²) < 4.78 is 5.96. The van der Waals surface area contributed by atoms with E-state index in [0.717, 1.165) is 28.8 Å². The maximum Gasteiger partial charge on any atom is 0.146 e. The van der Waals surface area contributed by atoms with E-state index in [4.69, 9.17) is 16.3 Å². The molecule has 0 saturated carbocycles. The molecule has 3 aromatic rings. The first-order chi connectivity index (χ1) is 10.3.